The molecule has 0 saturated carbocycles. The van der Waals surface area contributed by atoms with E-state index >= 15 is 0 Å². The molecule has 2 heterocycles. The van der Waals surface area contributed by atoms with E-state index < -0.39 is 0 Å². The predicted octanol–water partition coefficient (Wildman–Crippen LogP) is 0.957. The van der Waals surface area contributed by atoms with Gasteiger partial charge in [-0.2, -0.15) is 5.10 Å². The molecular formula is C11H20N4O. The lowest BCUT2D eigenvalue weighted by Gasteiger charge is -2.33. The van der Waals surface area contributed by atoms with Gasteiger partial charge in [0.2, 0.25) is 0 Å². The maximum atomic E-state index is 5.97. The van der Waals surface area contributed by atoms with Crippen molar-refractivity contribution in [2.75, 3.05) is 13.1 Å². The van der Waals surface area contributed by atoms with Crippen molar-refractivity contribution >= 4 is 0 Å². The molecule has 1 N–H and O–H groups in total. The van der Waals surface area contributed by atoms with Crippen LogP contribution in [-0.2, 0) is 17.9 Å². The van der Waals surface area contributed by atoms with Crippen LogP contribution in [0.25, 0.3) is 0 Å². The first kappa shape index (κ1) is 11.5. The fourth-order valence-corrected chi connectivity index (χ4v) is 2.05. The Balaban J connectivity index is 1.91. The molecule has 5 nitrogen and oxygen atoms in total. The van der Waals surface area contributed by atoms with Crippen LogP contribution >= 0.6 is 0 Å². The molecule has 0 aromatic carbocycles. The highest BCUT2D eigenvalue weighted by molar-refractivity contribution is 4.86. The summed E-state index contributed by atoms with van der Waals surface area (Å²) in [6.45, 7) is 7.63. The zero-order valence-electron chi connectivity index (χ0n) is 10.1. The molecule has 0 amide bonds. The quantitative estimate of drug-likeness (QED) is 0.827. The first-order valence-electron chi connectivity index (χ1n) is 5.95. The van der Waals surface area contributed by atoms with Gasteiger partial charge in [0.25, 0.3) is 0 Å². The van der Waals surface area contributed by atoms with Crippen LogP contribution in [0, 0.1) is 0 Å². The predicted molar refractivity (Wildman–Crippen MR) is 61.0 cm³/mol. The summed E-state index contributed by atoms with van der Waals surface area (Å²) >= 11 is 0. The number of aromatic nitrogens is 3. The summed E-state index contributed by atoms with van der Waals surface area (Å²) in [4.78, 5) is 4.21. The summed E-state index contributed by atoms with van der Waals surface area (Å²) in [5, 5.41) is 7.50. The van der Waals surface area contributed by atoms with E-state index in [1.54, 1.807) is 6.33 Å². The Morgan fingerprint density at radius 3 is 3.19 bits per heavy atom. The molecular weight excluding hydrogens is 204 g/mol. The Kier molecular flexibility index (Phi) is 3.56. The second-order valence-electron chi connectivity index (χ2n) is 4.51. The molecule has 5 heteroatoms. The van der Waals surface area contributed by atoms with E-state index in [1.165, 1.54) is 6.42 Å². The van der Waals surface area contributed by atoms with Gasteiger partial charge in [0.1, 0.15) is 12.9 Å². The van der Waals surface area contributed by atoms with Crippen LogP contribution in [0.4, 0.5) is 0 Å². The maximum Gasteiger partial charge on any atom is 0.152 e. The van der Waals surface area contributed by atoms with Gasteiger partial charge in [-0.05, 0) is 33.2 Å². The maximum absolute atomic E-state index is 5.97. The van der Waals surface area contributed by atoms with Crippen LogP contribution in [0.1, 0.15) is 32.5 Å². The van der Waals surface area contributed by atoms with E-state index in [4.69, 9.17) is 4.74 Å². The smallest absolute Gasteiger partial charge is 0.152 e. The van der Waals surface area contributed by atoms with Crippen LogP contribution < -0.4 is 5.32 Å². The van der Waals surface area contributed by atoms with Crippen LogP contribution in [0.3, 0.4) is 0 Å². The fourth-order valence-electron chi connectivity index (χ4n) is 2.05. The van der Waals surface area contributed by atoms with E-state index in [2.05, 4.69) is 29.2 Å². The van der Waals surface area contributed by atoms with Gasteiger partial charge < -0.3 is 10.1 Å². The molecule has 0 bridgehead atoms. The Morgan fingerprint density at radius 1 is 1.62 bits per heavy atom. The van der Waals surface area contributed by atoms with Crippen LogP contribution in [0.5, 0.6) is 0 Å². The highest BCUT2D eigenvalue weighted by Gasteiger charge is 2.27. The first-order valence-corrected chi connectivity index (χ1v) is 5.95. The molecule has 1 aliphatic rings. The summed E-state index contributed by atoms with van der Waals surface area (Å²) in [5.74, 6) is 0.911. The Morgan fingerprint density at radius 2 is 2.50 bits per heavy atom. The number of hydrogen-bond donors (Lipinski definition) is 1. The lowest BCUT2D eigenvalue weighted by atomic mass is 9.96. The standard InChI is InChI=1S/C11H20N4O/c1-3-15-10(13-9-14-15)7-16-11(2)5-4-6-12-8-11/h9,12H,3-8H2,1-2H3. The number of nitrogens with zero attached hydrogens (tertiary/aromatic N) is 3. The summed E-state index contributed by atoms with van der Waals surface area (Å²) in [7, 11) is 0. The molecule has 0 spiro atoms. The minimum absolute atomic E-state index is 0.0528. The largest absolute Gasteiger partial charge is 0.366 e. The topological polar surface area (TPSA) is 52.0 Å². The first-order chi connectivity index (χ1) is 7.73. The second-order valence-corrected chi connectivity index (χ2v) is 4.51. The van der Waals surface area contributed by atoms with Gasteiger partial charge in [-0.1, -0.05) is 0 Å². The molecule has 90 valence electrons. The molecule has 1 unspecified atom stereocenters. The van der Waals surface area contributed by atoms with E-state index in [1.807, 2.05) is 4.68 Å². The van der Waals surface area contributed by atoms with E-state index in [9.17, 15) is 0 Å². The van der Waals surface area contributed by atoms with Gasteiger partial charge in [0, 0.05) is 13.1 Å². The average molecular weight is 224 g/mol. The van der Waals surface area contributed by atoms with E-state index in [0.717, 1.165) is 31.9 Å². The van der Waals surface area contributed by atoms with Gasteiger partial charge in [0.15, 0.2) is 5.82 Å². The normalized spacial score (nSPS) is 25.9. The lowest BCUT2D eigenvalue weighted by Crippen LogP contribution is -2.45. The number of hydrogen-bond acceptors (Lipinski definition) is 4. The van der Waals surface area contributed by atoms with Crippen molar-refractivity contribution in [3.8, 4) is 0 Å². The Bertz CT molecular complexity index is 330. The highest BCUT2D eigenvalue weighted by Crippen LogP contribution is 2.21. The summed E-state index contributed by atoms with van der Waals surface area (Å²) < 4.78 is 7.85. The lowest BCUT2D eigenvalue weighted by molar-refractivity contribution is -0.0606. The van der Waals surface area contributed by atoms with Crippen molar-refractivity contribution in [3.05, 3.63) is 12.2 Å². The van der Waals surface area contributed by atoms with Crippen molar-refractivity contribution < 1.29 is 4.74 Å². The minimum Gasteiger partial charge on any atom is -0.366 e. The number of nitrogens with one attached hydrogen (secondary N) is 1. The number of aryl methyl sites for hydroxylation is 1. The van der Waals surface area contributed by atoms with E-state index in [0.29, 0.717) is 6.61 Å². The third kappa shape index (κ3) is 2.59. The Hall–Kier alpha value is -0.940. The molecule has 2 rings (SSSR count). The number of ether oxygens (including phenoxy) is 1. The van der Waals surface area contributed by atoms with Crippen LogP contribution in [0.2, 0.25) is 0 Å². The van der Waals surface area contributed by atoms with Crippen molar-refractivity contribution in [1.29, 1.82) is 0 Å². The monoisotopic (exact) mass is 224 g/mol. The zero-order valence-corrected chi connectivity index (χ0v) is 10.1. The molecule has 1 aliphatic heterocycles. The van der Waals surface area contributed by atoms with E-state index in [-0.39, 0.29) is 5.60 Å². The molecule has 1 atom stereocenters. The molecule has 1 aromatic rings. The summed E-state index contributed by atoms with van der Waals surface area (Å²) in [6, 6.07) is 0. The summed E-state index contributed by atoms with van der Waals surface area (Å²) in [5.41, 5.74) is -0.0528. The minimum atomic E-state index is -0.0528. The summed E-state index contributed by atoms with van der Waals surface area (Å²) in [6.07, 6.45) is 3.88. The molecule has 16 heavy (non-hydrogen) atoms. The van der Waals surface area contributed by atoms with Crippen molar-refractivity contribution in [2.24, 2.45) is 0 Å². The number of piperidine rings is 1. The number of rotatable bonds is 4. The van der Waals surface area contributed by atoms with Crippen LogP contribution in [-0.4, -0.2) is 33.5 Å². The highest BCUT2D eigenvalue weighted by atomic mass is 16.5. The van der Waals surface area contributed by atoms with Crippen molar-refractivity contribution in [2.45, 2.75) is 45.4 Å². The van der Waals surface area contributed by atoms with Gasteiger partial charge in [-0.15, -0.1) is 0 Å². The van der Waals surface area contributed by atoms with Gasteiger partial charge in [-0.25, -0.2) is 9.67 Å². The van der Waals surface area contributed by atoms with Gasteiger partial charge >= 0.3 is 0 Å². The Labute approximate surface area is 96.2 Å². The molecule has 0 aliphatic carbocycles. The van der Waals surface area contributed by atoms with Crippen molar-refractivity contribution in [1.82, 2.24) is 20.1 Å². The zero-order chi connectivity index (χ0) is 11.4. The fraction of sp³-hybridized carbons (Fsp3) is 0.818. The second kappa shape index (κ2) is 4.93. The van der Waals surface area contributed by atoms with Gasteiger partial charge in [0.05, 0.1) is 5.60 Å². The van der Waals surface area contributed by atoms with Gasteiger partial charge in [-0.3, -0.25) is 0 Å². The third-order valence-electron chi connectivity index (χ3n) is 3.10. The third-order valence-corrected chi connectivity index (χ3v) is 3.10. The molecule has 1 fully saturated rings. The molecule has 0 radical (unpaired) electrons. The average Bonchev–Trinajstić information content (AvgIpc) is 2.75. The SMILES string of the molecule is CCn1ncnc1COC1(C)CCCNC1. The van der Waals surface area contributed by atoms with Crippen molar-refractivity contribution in [3.63, 3.8) is 0 Å². The molecule has 1 aromatic heterocycles. The van der Waals surface area contributed by atoms with Crippen LogP contribution in [0.15, 0.2) is 6.33 Å². The molecule has 1 saturated heterocycles.